The zero-order valence-corrected chi connectivity index (χ0v) is 17.7. The van der Waals surface area contributed by atoms with Gasteiger partial charge in [0.05, 0.1) is 13.2 Å². The van der Waals surface area contributed by atoms with E-state index >= 15 is 0 Å². The Morgan fingerprint density at radius 1 is 0.875 bits per heavy atom. The van der Waals surface area contributed by atoms with Gasteiger partial charge in [0.25, 0.3) is 0 Å². The highest BCUT2D eigenvalue weighted by atomic mass is 31.2. The van der Waals surface area contributed by atoms with Crippen LogP contribution in [0.25, 0.3) is 0 Å². The monoisotopic (exact) mass is 364 g/mol. The van der Waals surface area contributed by atoms with Crippen LogP contribution in [0.5, 0.6) is 0 Å². The van der Waals surface area contributed by atoms with Gasteiger partial charge in [-0.25, -0.2) is 0 Å². The molecule has 0 aromatic heterocycles. The second-order valence-electron chi connectivity index (χ2n) is 7.42. The van der Waals surface area contributed by atoms with Crippen molar-refractivity contribution in [2.24, 2.45) is 11.8 Å². The Hall–Kier alpha value is 0.110. The van der Waals surface area contributed by atoms with E-state index in [4.69, 9.17) is 9.05 Å². The number of aliphatic hydroxyl groups is 1. The molecule has 0 radical (unpaired) electrons. The van der Waals surface area contributed by atoms with E-state index in [0.29, 0.717) is 25.0 Å². The lowest BCUT2D eigenvalue weighted by Gasteiger charge is -2.31. The van der Waals surface area contributed by atoms with Gasteiger partial charge in [-0.1, -0.05) is 66.2 Å². The van der Waals surface area contributed by atoms with Gasteiger partial charge in [0.1, 0.15) is 0 Å². The Bertz CT molecular complexity index is 328. The molecular formula is C19H41O4P. The summed E-state index contributed by atoms with van der Waals surface area (Å²) in [5.41, 5.74) is 0. The van der Waals surface area contributed by atoms with E-state index in [-0.39, 0.29) is 0 Å². The van der Waals surface area contributed by atoms with Gasteiger partial charge in [0, 0.05) is 0 Å². The van der Waals surface area contributed by atoms with Crippen molar-refractivity contribution < 1.29 is 18.7 Å². The molecule has 146 valence electrons. The second-order valence-corrected chi connectivity index (χ2v) is 10.0. The molecule has 0 saturated heterocycles. The molecule has 2 unspecified atom stereocenters. The number of hydrogen-bond acceptors (Lipinski definition) is 4. The summed E-state index contributed by atoms with van der Waals surface area (Å²) in [6, 6.07) is 0. The van der Waals surface area contributed by atoms with Gasteiger partial charge in [-0.05, 0) is 38.5 Å². The third kappa shape index (κ3) is 8.99. The fourth-order valence-corrected chi connectivity index (χ4v) is 4.08. The lowest BCUT2D eigenvalue weighted by molar-refractivity contribution is 0.0739. The molecule has 0 aliphatic rings. The van der Waals surface area contributed by atoms with Gasteiger partial charge in [-0.3, -0.25) is 4.57 Å². The number of hydrogen-bond donors (Lipinski definition) is 1. The van der Waals surface area contributed by atoms with E-state index in [1.807, 2.05) is 0 Å². The van der Waals surface area contributed by atoms with E-state index in [1.54, 1.807) is 0 Å². The first-order valence-electron chi connectivity index (χ1n) is 9.85. The normalized spacial score (nSPS) is 17.5. The second kappa shape index (κ2) is 12.5. The van der Waals surface area contributed by atoms with Crippen molar-refractivity contribution in [3.05, 3.63) is 0 Å². The topological polar surface area (TPSA) is 55.8 Å². The molecule has 0 saturated carbocycles. The van der Waals surface area contributed by atoms with Crippen LogP contribution in [-0.2, 0) is 13.6 Å². The van der Waals surface area contributed by atoms with E-state index in [9.17, 15) is 9.67 Å². The van der Waals surface area contributed by atoms with Crippen molar-refractivity contribution in [3.63, 3.8) is 0 Å². The van der Waals surface area contributed by atoms with E-state index in [0.717, 1.165) is 51.4 Å². The zero-order valence-electron chi connectivity index (χ0n) is 16.8. The molecule has 0 aromatic rings. The molecule has 24 heavy (non-hydrogen) atoms. The van der Waals surface area contributed by atoms with Crippen LogP contribution in [-0.4, -0.2) is 23.7 Å². The molecule has 0 aliphatic heterocycles. The van der Waals surface area contributed by atoms with E-state index in [2.05, 4.69) is 27.7 Å². The summed E-state index contributed by atoms with van der Waals surface area (Å²) in [6.07, 6.45) is 8.67. The zero-order chi connectivity index (χ0) is 18.6. The minimum atomic E-state index is -3.55. The first kappa shape index (κ1) is 24.1. The summed E-state index contributed by atoms with van der Waals surface area (Å²) in [7, 11) is -3.55. The van der Waals surface area contributed by atoms with Crippen LogP contribution in [0.3, 0.4) is 0 Å². The molecule has 0 fully saturated rings. The average molecular weight is 365 g/mol. The maximum atomic E-state index is 13.1. The third-order valence-corrected chi connectivity index (χ3v) is 7.04. The van der Waals surface area contributed by atoms with Crippen molar-refractivity contribution in [1.82, 2.24) is 0 Å². The number of rotatable bonds is 15. The van der Waals surface area contributed by atoms with Gasteiger partial charge in [0.15, 0.2) is 5.34 Å². The minimum absolute atomic E-state index is 0.367. The van der Waals surface area contributed by atoms with Gasteiger partial charge < -0.3 is 14.2 Å². The molecule has 1 N–H and O–H groups in total. The lowest BCUT2D eigenvalue weighted by Crippen LogP contribution is -2.25. The summed E-state index contributed by atoms with van der Waals surface area (Å²) >= 11 is 0. The van der Waals surface area contributed by atoms with Crippen LogP contribution >= 0.6 is 7.60 Å². The van der Waals surface area contributed by atoms with Crippen LogP contribution in [0.15, 0.2) is 0 Å². The van der Waals surface area contributed by atoms with E-state index in [1.165, 1.54) is 13.8 Å². The first-order chi connectivity index (χ1) is 11.2. The standard InChI is InChI=1S/C19H41O4P/c1-7-11-13-17(9-3)15-22-24(21,19(5,6)20)23-16-18(10-4)14-12-8-2/h17-18,20H,7-16H2,1-6H3. The molecule has 0 spiro atoms. The van der Waals surface area contributed by atoms with Gasteiger partial charge in [-0.15, -0.1) is 0 Å². The Kier molecular flexibility index (Phi) is 12.5. The summed E-state index contributed by atoms with van der Waals surface area (Å²) in [5.74, 6) is 0.734. The number of unbranched alkanes of at least 4 members (excludes halogenated alkanes) is 2. The van der Waals surface area contributed by atoms with Crippen molar-refractivity contribution in [2.45, 2.75) is 98.3 Å². The lowest BCUT2D eigenvalue weighted by atomic mass is 10.0. The summed E-state index contributed by atoms with van der Waals surface area (Å²) in [5, 5.41) is 8.87. The molecule has 2 atom stereocenters. The fraction of sp³-hybridized carbons (Fsp3) is 1.00. The molecule has 5 heteroatoms. The third-order valence-electron chi connectivity index (χ3n) is 4.72. The van der Waals surface area contributed by atoms with Crippen LogP contribution in [0.1, 0.15) is 92.9 Å². The highest BCUT2D eigenvalue weighted by Gasteiger charge is 2.42. The molecule has 4 nitrogen and oxygen atoms in total. The van der Waals surface area contributed by atoms with Gasteiger partial charge in [0.2, 0.25) is 0 Å². The quantitative estimate of drug-likeness (QED) is 0.343. The maximum absolute atomic E-state index is 13.1. The minimum Gasteiger partial charge on any atom is -0.378 e. The molecule has 0 aromatic carbocycles. The fourth-order valence-electron chi connectivity index (χ4n) is 2.56. The van der Waals surface area contributed by atoms with Gasteiger partial charge in [-0.2, -0.15) is 0 Å². The van der Waals surface area contributed by atoms with Crippen LogP contribution in [0.2, 0.25) is 0 Å². The molecule has 0 rings (SSSR count). The Morgan fingerprint density at radius 2 is 1.25 bits per heavy atom. The Labute approximate surface area is 150 Å². The van der Waals surface area contributed by atoms with E-state index < -0.39 is 12.9 Å². The molecule has 0 amide bonds. The van der Waals surface area contributed by atoms with Gasteiger partial charge >= 0.3 is 7.60 Å². The smallest absolute Gasteiger partial charge is 0.361 e. The highest BCUT2D eigenvalue weighted by Crippen LogP contribution is 2.59. The van der Waals surface area contributed by atoms with Crippen LogP contribution in [0.4, 0.5) is 0 Å². The predicted octanol–water partition coefficient (Wildman–Crippen LogP) is 6.37. The van der Waals surface area contributed by atoms with Crippen molar-refractivity contribution in [3.8, 4) is 0 Å². The predicted molar refractivity (Wildman–Crippen MR) is 102 cm³/mol. The van der Waals surface area contributed by atoms with Crippen molar-refractivity contribution in [1.29, 1.82) is 0 Å². The molecule has 0 heterocycles. The van der Waals surface area contributed by atoms with Crippen LogP contribution in [0, 0.1) is 11.8 Å². The summed E-state index contributed by atoms with van der Waals surface area (Å²) < 4.78 is 24.6. The first-order valence-corrected chi connectivity index (χ1v) is 11.4. The SMILES string of the molecule is CCCCC(CC)COP(=O)(OCC(CC)CCCC)C(C)(C)O. The average Bonchev–Trinajstić information content (AvgIpc) is 2.54. The Balaban J connectivity index is 4.74. The maximum Gasteiger partial charge on any atom is 0.361 e. The highest BCUT2D eigenvalue weighted by molar-refractivity contribution is 7.55. The molecule has 0 aliphatic carbocycles. The van der Waals surface area contributed by atoms with Crippen molar-refractivity contribution in [2.75, 3.05) is 13.2 Å². The van der Waals surface area contributed by atoms with Crippen molar-refractivity contribution >= 4 is 7.60 Å². The Morgan fingerprint density at radius 3 is 1.50 bits per heavy atom. The largest absolute Gasteiger partial charge is 0.378 e. The van der Waals surface area contributed by atoms with Crippen LogP contribution < -0.4 is 0 Å². The molecular weight excluding hydrogens is 323 g/mol. The summed E-state index contributed by atoms with van der Waals surface area (Å²) in [6.45, 7) is 12.4. The molecule has 0 bridgehead atoms. The summed E-state index contributed by atoms with van der Waals surface area (Å²) in [4.78, 5) is 0.